The van der Waals surface area contributed by atoms with Gasteiger partial charge in [-0.3, -0.25) is 4.79 Å². The first-order chi connectivity index (χ1) is 11.9. The van der Waals surface area contributed by atoms with Gasteiger partial charge < -0.3 is 19.2 Å². The highest BCUT2D eigenvalue weighted by Gasteiger charge is 2.27. The topological polar surface area (TPSA) is 94.8 Å². The van der Waals surface area contributed by atoms with Crippen LogP contribution >= 0.6 is 11.3 Å². The first-order valence-corrected chi connectivity index (χ1v) is 8.55. The lowest BCUT2D eigenvalue weighted by atomic mass is 10.1. The average Bonchev–Trinajstić information content (AvgIpc) is 3.11. The van der Waals surface area contributed by atoms with Crippen molar-refractivity contribution in [2.75, 3.05) is 18.5 Å². The molecule has 25 heavy (non-hydrogen) atoms. The van der Waals surface area contributed by atoms with Crippen LogP contribution in [-0.2, 0) is 9.47 Å². The third kappa shape index (κ3) is 3.90. The van der Waals surface area contributed by atoms with Gasteiger partial charge in [0.15, 0.2) is 0 Å². The summed E-state index contributed by atoms with van der Waals surface area (Å²) in [5, 5.41) is 2.90. The number of hydrogen-bond donors (Lipinski definition) is 1. The minimum absolute atomic E-state index is 0.157. The predicted octanol–water partition coefficient (Wildman–Crippen LogP) is 3.56. The van der Waals surface area contributed by atoms with E-state index in [2.05, 4.69) is 5.32 Å². The molecule has 0 saturated heterocycles. The van der Waals surface area contributed by atoms with Crippen molar-refractivity contribution >= 4 is 34.2 Å². The van der Waals surface area contributed by atoms with E-state index in [-0.39, 0.29) is 28.7 Å². The molecule has 1 amide bonds. The maximum atomic E-state index is 12.4. The summed E-state index contributed by atoms with van der Waals surface area (Å²) in [4.78, 5) is 37.0. The van der Waals surface area contributed by atoms with E-state index in [4.69, 9.17) is 13.9 Å². The van der Waals surface area contributed by atoms with Crippen LogP contribution < -0.4 is 5.32 Å². The summed E-state index contributed by atoms with van der Waals surface area (Å²) in [7, 11) is 0. The summed E-state index contributed by atoms with van der Waals surface area (Å²) in [5.41, 5.74) is 0.920. The molecule has 0 atom stereocenters. The van der Waals surface area contributed by atoms with E-state index < -0.39 is 17.8 Å². The van der Waals surface area contributed by atoms with Gasteiger partial charge in [-0.2, -0.15) is 0 Å². The standard InChI is InChI=1S/C17H19NO6S/c1-5-22-16(20)12-9(3)13(17(21)23-6-2)25-15(12)18-14(19)11-7-8-24-10(11)4/h7-8H,5-6H2,1-4H3,(H,18,19). The molecule has 2 rings (SSSR count). The summed E-state index contributed by atoms with van der Waals surface area (Å²) >= 11 is 0.982. The Bertz CT molecular complexity index is 804. The third-order valence-corrected chi connectivity index (χ3v) is 4.60. The molecule has 0 fully saturated rings. The van der Waals surface area contributed by atoms with Crippen molar-refractivity contribution in [3.63, 3.8) is 0 Å². The quantitative estimate of drug-likeness (QED) is 0.787. The molecule has 2 aromatic rings. The number of hydrogen-bond acceptors (Lipinski definition) is 7. The summed E-state index contributed by atoms with van der Waals surface area (Å²) in [5.74, 6) is -1.14. The van der Waals surface area contributed by atoms with E-state index in [1.807, 2.05) is 0 Å². The molecule has 8 heteroatoms. The Hall–Kier alpha value is -2.61. The molecule has 0 radical (unpaired) electrons. The minimum atomic E-state index is -0.606. The molecule has 134 valence electrons. The van der Waals surface area contributed by atoms with Gasteiger partial charge in [0.1, 0.15) is 15.6 Å². The Morgan fingerprint density at radius 2 is 1.76 bits per heavy atom. The maximum absolute atomic E-state index is 12.4. The lowest BCUT2D eigenvalue weighted by Gasteiger charge is -2.06. The van der Waals surface area contributed by atoms with Crippen molar-refractivity contribution in [2.24, 2.45) is 0 Å². The van der Waals surface area contributed by atoms with Gasteiger partial charge in [-0.15, -0.1) is 11.3 Å². The van der Waals surface area contributed by atoms with E-state index in [0.717, 1.165) is 11.3 Å². The van der Waals surface area contributed by atoms with Crippen LogP contribution in [0.15, 0.2) is 16.7 Å². The fourth-order valence-corrected chi connectivity index (χ4v) is 3.32. The molecule has 0 saturated carbocycles. The molecule has 0 aliphatic heterocycles. The van der Waals surface area contributed by atoms with Crippen LogP contribution in [-0.4, -0.2) is 31.1 Å². The Balaban J connectivity index is 2.42. The summed E-state index contributed by atoms with van der Waals surface area (Å²) < 4.78 is 15.2. The van der Waals surface area contributed by atoms with Crippen LogP contribution in [0.3, 0.4) is 0 Å². The van der Waals surface area contributed by atoms with Crippen molar-refractivity contribution in [3.8, 4) is 0 Å². The lowest BCUT2D eigenvalue weighted by Crippen LogP contribution is -2.15. The number of esters is 2. The number of carbonyl (C=O) groups excluding carboxylic acids is 3. The van der Waals surface area contributed by atoms with Gasteiger partial charge in [0.25, 0.3) is 5.91 Å². The summed E-state index contributed by atoms with van der Waals surface area (Å²) in [6.07, 6.45) is 1.40. The van der Waals surface area contributed by atoms with Gasteiger partial charge in [0.05, 0.1) is 30.6 Å². The first-order valence-electron chi connectivity index (χ1n) is 7.73. The van der Waals surface area contributed by atoms with Crippen LogP contribution in [0.25, 0.3) is 0 Å². The molecule has 0 unspecified atom stereocenters. The number of nitrogens with one attached hydrogen (secondary N) is 1. The number of amides is 1. The zero-order valence-corrected chi connectivity index (χ0v) is 15.2. The largest absolute Gasteiger partial charge is 0.469 e. The molecule has 0 aliphatic rings. The Morgan fingerprint density at radius 3 is 2.32 bits per heavy atom. The maximum Gasteiger partial charge on any atom is 0.348 e. The zero-order valence-electron chi connectivity index (χ0n) is 14.4. The second-order valence-electron chi connectivity index (χ2n) is 5.05. The number of anilines is 1. The van der Waals surface area contributed by atoms with Gasteiger partial charge in [-0.05, 0) is 39.3 Å². The normalized spacial score (nSPS) is 10.4. The second kappa shape index (κ2) is 7.98. The molecule has 0 spiro atoms. The number of ether oxygens (including phenoxy) is 2. The van der Waals surface area contributed by atoms with Gasteiger partial charge in [-0.1, -0.05) is 0 Å². The van der Waals surface area contributed by atoms with Crippen LogP contribution in [0.2, 0.25) is 0 Å². The van der Waals surface area contributed by atoms with E-state index in [9.17, 15) is 14.4 Å². The molecular formula is C17H19NO6S. The Kier molecular flexibility index (Phi) is 5.97. The fourth-order valence-electron chi connectivity index (χ4n) is 2.23. The average molecular weight is 365 g/mol. The molecule has 7 nitrogen and oxygen atoms in total. The summed E-state index contributed by atoms with van der Waals surface area (Å²) in [6, 6.07) is 1.53. The molecular weight excluding hydrogens is 346 g/mol. The lowest BCUT2D eigenvalue weighted by molar-refractivity contribution is 0.0527. The number of carbonyl (C=O) groups is 3. The van der Waals surface area contributed by atoms with Gasteiger partial charge in [0, 0.05) is 0 Å². The van der Waals surface area contributed by atoms with Gasteiger partial charge >= 0.3 is 11.9 Å². The first kappa shape index (κ1) is 18.7. The van der Waals surface area contributed by atoms with Crippen LogP contribution in [0.5, 0.6) is 0 Å². The monoisotopic (exact) mass is 365 g/mol. The number of aryl methyl sites for hydroxylation is 1. The van der Waals surface area contributed by atoms with Gasteiger partial charge in [0.2, 0.25) is 0 Å². The molecule has 0 bridgehead atoms. The Labute approximate surface area is 148 Å². The van der Waals surface area contributed by atoms with Crippen molar-refractivity contribution in [1.29, 1.82) is 0 Å². The molecule has 2 aromatic heterocycles. The van der Waals surface area contributed by atoms with E-state index in [1.165, 1.54) is 12.3 Å². The van der Waals surface area contributed by atoms with Crippen molar-refractivity contribution in [3.05, 3.63) is 39.7 Å². The second-order valence-corrected chi connectivity index (χ2v) is 6.07. The zero-order chi connectivity index (χ0) is 18.6. The SMILES string of the molecule is CCOC(=O)c1sc(NC(=O)c2ccoc2C)c(C(=O)OCC)c1C. The van der Waals surface area contributed by atoms with E-state index in [0.29, 0.717) is 16.9 Å². The Morgan fingerprint density at radius 1 is 1.12 bits per heavy atom. The van der Waals surface area contributed by atoms with Crippen LogP contribution in [0.4, 0.5) is 5.00 Å². The predicted molar refractivity (Wildman–Crippen MR) is 92.4 cm³/mol. The highest BCUT2D eigenvalue weighted by molar-refractivity contribution is 7.18. The number of rotatable bonds is 6. The molecule has 1 N–H and O–H groups in total. The van der Waals surface area contributed by atoms with Crippen molar-refractivity contribution in [2.45, 2.75) is 27.7 Å². The van der Waals surface area contributed by atoms with Crippen LogP contribution in [0.1, 0.15) is 55.6 Å². The molecule has 2 heterocycles. The van der Waals surface area contributed by atoms with Gasteiger partial charge in [-0.25, -0.2) is 9.59 Å². The fraction of sp³-hybridized carbons (Fsp3) is 0.353. The third-order valence-electron chi connectivity index (χ3n) is 3.42. The number of furan rings is 1. The van der Waals surface area contributed by atoms with Crippen molar-refractivity contribution in [1.82, 2.24) is 0 Å². The number of thiophene rings is 1. The smallest absolute Gasteiger partial charge is 0.348 e. The highest BCUT2D eigenvalue weighted by Crippen LogP contribution is 2.34. The van der Waals surface area contributed by atoms with Crippen molar-refractivity contribution < 1.29 is 28.3 Å². The van der Waals surface area contributed by atoms with E-state index >= 15 is 0 Å². The van der Waals surface area contributed by atoms with Crippen LogP contribution in [0, 0.1) is 13.8 Å². The summed E-state index contributed by atoms with van der Waals surface area (Å²) in [6.45, 7) is 7.03. The highest BCUT2D eigenvalue weighted by atomic mass is 32.1. The van der Waals surface area contributed by atoms with E-state index in [1.54, 1.807) is 27.7 Å². The molecule has 0 aliphatic carbocycles. The minimum Gasteiger partial charge on any atom is -0.469 e. The molecule has 0 aromatic carbocycles.